The molecule has 0 unspecified atom stereocenters. The van der Waals surface area contributed by atoms with Gasteiger partial charge in [-0.1, -0.05) is 29.7 Å². The third-order valence-electron chi connectivity index (χ3n) is 1.52. The van der Waals surface area contributed by atoms with Crippen LogP contribution in [-0.2, 0) is 6.42 Å². The molecule has 0 fully saturated rings. The quantitative estimate of drug-likeness (QED) is 0.539. The molecule has 0 aromatic heterocycles. The summed E-state index contributed by atoms with van der Waals surface area (Å²) >= 11 is 0. The zero-order chi connectivity index (χ0) is 7.40. The Morgan fingerprint density at radius 2 is 1.80 bits per heavy atom. The average Bonchev–Trinajstić information content (AvgIpc) is 1.95. The van der Waals surface area contributed by atoms with Gasteiger partial charge in [0.1, 0.15) is 7.85 Å². The van der Waals surface area contributed by atoms with Crippen LogP contribution in [0.1, 0.15) is 5.56 Å². The topological polar surface area (TPSA) is 20.2 Å². The predicted octanol–water partition coefficient (Wildman–Crippen LogP) is -0.520. The second-order valence-electron chi connectivity index (χ2n) is 2.46. The van der Waals surface area contributed by atoms with E-state index in [4.69, 9.17) is 5.11 Å². The van der Waals surface area contributed by atoms with Crippen molar-refractivity contribution in [3.8, 4) is 0 Å². The summed E-state index contributed by atoms with van der Waals surface area (Å²) in [5.74, 6) is 0. The highest BCUT2D eigenvalue weighted by molar-refractivity contribution is 6.32. The maximum Gasteiger partial charge on any atom is 0.139 e. The minimum absolute atomic E-state index is 0.239. The van der Waals surface area contributed by atoms with Crippen LogP contribution >= 0.6 is 0 Å². The molecule has 0 heterocycles. The highest BCUT2D eigenvalue weighted by atomic mass is 16.2. The van der Waals surface area contributed by atoms with Crippen molar-refractivity contribution in [3.05, 3.63) is 29.8 Å². The van der Waals surface area contributed by atoms with Crippen LogP contribution in [0, 0.1) is 0 Å². The number of benzene rings is 1. The van der Waals surface area contributed by atoms with E-state index in [1.54, 1.807) is 0 Å². The molecule has 1 rings (SSSR count). The van der Waals surface area contributed by atoms with Gasteiger partial charge in [0.25, 0.3) is 0 Å². The van der Waals surface area contributed by atoms with E-state index in [0.717, 1.165) is 6.42 Å². The largest absolute Gasteiger partial charge is 0.396 e. The van der Waals surface area contributed by atoms with Crippen molar-refractivity contribution in [1.29, 1.82) is 0 Å². The van der Waals surface area contributed by atoms with Gasteiger partial charge in [0.15, 0.2) is 0 Å². The second kappa shape index (κ2) is 3.42. The van der Waals surface area contributed by atoms with E-state index < -0.39 is 0 Å². The zero-order valence-corrected chi connectivity index (χ0v) is 6.17. The molecule has 0 bridgehead atoms. The molecule has 52 valence electrons. The molecule has 0 atom stereocenters. The first-order chi connectivity index (χ1) is 4.83. The molecule has 0 radical (unpaired) electrons. The van der Waals surface area contributed by atoms with Gasteiger partial charge in [0.2, 0.25) is 0 Å². The van der Waals surface area contributed by atoms with Gasteiger partial charge >= 0.3 is 0 Å². The van der Waals surface area contributed by atoms with Gasteiger partial charge in [-0.15, -0.1) is 0 Å². The van der Waals surface area contributed by atoms with Crippen LogP contribution in [0.2, 0.25) is 0 Å². The molecule has 0 aliphatic carbocycles. The summed E-state index contributed by atoms with van der Waals surface area (Å²) in [6, 6.07) is 8.22. The number of rotatable bonds is 2. The molecule has 0 amide bonds. The first-order valence-corrected chi connectivity index (χ1v) is 3.49. The molecule has 1 nitrogen and oxygen atoms in total. The first-order valence-electron chi connectivity index (χ1n) is 3.49. The van der Waals surface area contributed by atoms with Crippen LogP contribution in [-0.4, -0.2) is 19.6 Å². The van der Waals surface area contributed by atoms with Gasteiger partial charge in [-0.2, -0.15) is 0 Å². The molecular formula is C8H11BO. The minimum Gasteiger partial charge on any atom is -0.396 e. The highest BCUT2D eigenvalue weighted by Gasteiger charge is 1.88. The molecule has 0 saturated heterocycles. The molecule has 2 heteroatoms. The van der Waals surface area contributed by atoms with Gasteiger partial charge in [-0.25, -0.2) is 0 Å². The Bertz CT molecular complexity index is 193. The Kier molecular flexibility index (Phi) is 2.52. The first kappa shape index (κ1) is 7.35. The Labute approximate surface area is 62.1 Å². The molecule has 0 aliphatic rings. The van der Waals surface area contributed by atoms with E-state index in [1.807, 2.05) is 12.1 Å². The van der Waals surface area contributed by atoms with Crippen molar-refractivity contribution in [3.63, 3.8) is 0 Å². The van der Waals surface area contributed by atoms with Gasteiger partial charge in [-0.05, 0) is 12.0 Å². The molecule has 0 aliphatic heterocycles. The fraction of sp³-hybridized carbons (Fsp3) is 0.250. The van der Waals surface area contributed by atoms with E-state index in [9.17, 15) is 0 Å². The van der Waals surface area contributed by atoms with Crippen LogP contribution in [0.3, 0.4) is 0 Å². The van der Waals surface area contributed by atoms with Crippen molar-refractivity contribution in [2.45, 2.75) is 6.42 Å². The lowest BCUT2D eigenvalue weighted by Gasteiger charge is -1.96. The Morgan fingerprint density at radius 1 is 1.20 bits per heavy atom. The van der Waals surface area contributed by atoms with Crippen molar-refractivity contribution in [1.82, 2.24) is 0 Å². The lowest BCUT2D eigenvalue weighted by Crippen LogP contribution is -2.01. The summed E-state index contributed by atoms with van der Waals surface area (Å²) in [5.41, 5.74) is 2.47. The monoisotopic (exact) mass is 134 g/mol. The van der Waals surface area contributed by atoms with Crippen LogP contribution in [0.25, 0.3) is 0 Å². The van der Waals surface area contributed by atoms with Crippen molar-refractivity contribution in [2.24, 2.45) is 0 Å². The highest BCUT2D eigenvalue weighted by Crippen LogP contribution is 1.95. The van der Waals surface area contributed by atoms with Crippen LogP contribution < -0.4 is 5.46 Å². The SMILES string of the molecule is Bc1ccc(CCO)cc1. The van der Waals surface area contributed by atoms with Gasteiger partial charge < -0.3 is 5.11 Å². The van der Waals surface area contributed by atoms with E-state index in [2.05, 4.69) is 20.0 Å². The van der Waals surface area contributed by atoms with Crippen molar-refractivity contribution < 1.29 is 5.11 Å². The summed E-state index contributed by atoms with van der Waals surface area (Å²) in [5, 5.41) is 8.59. The van der Waals surface area contributed by atoms with Crippen molar-refractivity contribution >= 4 is 13.3 Å². The third-order valence-corrected chi connectivity index (χ3v) is 1.52. The standard InChI is InChI=1S/C8H11BO/c9-8-3-1-7(2-4-8)5-6-10/h1-4,10H,5-6,9H2. The molecule has 1 N–H and O–H groups in total. The maximum atomic E-state index is 8.59. The van der Waals surface area contributed by atoms with Gasteiger partial charge in [0.05, 0.1) is 0 Å². The summed E-state index contributed by atoms with van der Waals surface area (Å²) < 4.78 is 0. The molecular weight excluding hydrogens is 123 g/mol. The third kappa shape index (κ3) is 1.88. The normalized spacial score (nSPS) is 9.70. The van der Waals surface area contributed by atoms with Crippen LogP contribution in [0.15, 0.2) is 24.3 Å². The molecule has 1 aromatic carbocycles. The van der Waals surface area contributed by atoms with E-state index in [0.29, 0.717) is 0 Å². The number of aliphatic hydroxyl groups excluding tert-OH is 1. The summed E-state index contributed by atoms with van der Waals surface area (Å²) in [6.45, 7) is 0.239. The minimum atomic E-state index is 0.239. The van der Waals surface area contributed by atoms with E-state index in [-0.39, 0.29) is 6.61 Å². The summed E-state index contributed by atoms with van der Waals surface area (Å²) in [7, 11) is 2.06. The van der Waals surface area contributed by atoms with Gasteiger partial charge in [0, 0.05) is 6.61 Å². The number of hydrogen-bond donors (Lipinski definition) is 1. The Hall–Kier alpha value is -0.755. The van der Waals surface area contributed by atoms with E-state index >= 15 is 0 Å². The lowest BCUT2D eigenvalue weighted by molar-refractivity contribution is 0.299. The summed E-state index contributed by atoms with van der Waals surface area (Å²) in [4.78, 5) is 0. The predicted molar refractivity (Wildman–Crippen MR) is 45.4 cm³/mol. The van der Waals surface area contributed by atoms with Crippen LogP contribution in [0.5, 0.6) is 0 Å². The molecule has 1 aromatic rings. The lowest BCUT2D eigenvalue weighted by atomic mass is 9.95. The molecule has 0 spiro atoms. The fourth-order valence-corrected chi connectivity index (χ4v) is 0.884. The van der Waals surface area contributed by atoms with Gasteiger partial charge in [-0.3, -0.25) is 0 Å². The van der Waals surface area contributed by atoms with E-state index in [1.165, 1.54) is 11.0 Å². The number of aliphatic hydroxyl groups is 1. The van der Waals surface area contributed by atoms with Crippen LogP contribution in [0.4, 0.5) is 0 Å². The van der Waals surface area contributed by atoms with Crippen molar-refractivity contribution in [2.75, 3.05) is 6.61 Å². The summed E-state index contributed by atoms with van der Waals surface area (Å²) in [6.07, 6.45) is 0.764. The zero-order valence-electron chi connectivity index (χ0n) is 6.17. The smallest absolute Gasteiger partial charge is 0.139 e. The fourth-order valence-electron chi connectivity index (χ4n) is 0.884. The Morgan fingerprint density at radius 3 is 2.30 bits per heavy atom. The second-order valence-corrected chi connectivity index (χ2v) is 2.46. The molecule has 0 saturated carbocycles. The molecule has 10 heavy (non-hydrogen) atoms. The average molecular weight is 134 g/mol. The maximum absolute atomic E-state index is 8.59. The Balaban J connectivity index is 2.69. The number of hydrogen-bond acceptors (Lipinski definition) is 1.